The molecule has 1 aromatic heterocycles. The molecule has 2 rings (SSSR count). The number of nitrogens with one attached hydrogen (secondary N) is 1. The van der Waals surface area contributed by atoms with E-state index in [-0.39, 0.29) is 5.91 Å². The van der Waals surface area contributed by atoms with E-state index in [9.17, 15) is 4.79 Å². The fourth-order valence-electron chi connectivity index (χ4n) is 1.56. The van der Waals surface area contributed by atoms with E-state index < -0.39 is 0 Å². The van der Waals surface area contributed by atoms with Gasteiger partial charge in [0.1, 0.15) is 0 Å². The van der Waals surface area contributed by atoms with E-state index in [1.807, 2.05) is 29.6 Å². The molecule has 0 fully saturated rings. The molecule has 0 atom stereocenters. The summed E-state index contributed by atoms with van der Waals surface area (Å²) in [5.74, 6) is -0.0163. The van der Waals surface area contributed by atoms with Crippen molar-refractivity contribution in [2.24, 2.45) is 0 Å². The Hall–Kier alpha value is -1.33. The summed E-state index contributed by atoms with van der Waals surface area (Å²) < 4.78 is 1.05. The van der Waals surface area contributed by atoms with Crippen molar-refractivity contribution in [1.82, 2.24) is 5.32 Å². The van der Waals surface area contributed by atoms with Crippen molar-refractivity contribution in [3.8, 4) is 0 Å². The summed E-state index contributed by atoms with van der Waals surface area (Å²) in [6.07, 6.45) is 0.319. The van der Waals surface area contributed by atoms with Gasteiger partial charge < -0.3 is 11.1 Å². The van der Waals surface area contributed by atoms with Gasteiger partial charge >= 0.3 is 0 Å². The molecule has 0 aliphatic rings. The first kappa shape index (κ1) is 13.1. The highest BCUT2D eigenvalue weighted by Crippen LogP contribution is 2.19. The number of nitrogens with two attached hydrogens (primary N) is 1. The number of nitrogen functional groups attached to an aromatic ring is 1. The molecule has 2 aromatic rings. The number of amides is 1. The number of carbonyl (C=O) groups excluding carboxylic acids is 1. The fourth-order valence-corrected chi connectivity index (χ4v) is 2.95. The number of anilines is 1. The van der Waals surface area contributed by atoms with Gasteiger partial charge in [-0.15, -0.1) is 11.3 Å². The van der Waals surface area contributed by atoms with Gasteiger partial charge in [-0.2, -0.15) is 0 Å². The quantitative estimate of drug-likeness (QED) is 0.849. The number of hydrogen-bond acceptors (Lipinski definition) is 3. The average molecular weight is 325 g/mol. The van der Waals surface area contributed by atoms with Crippen LogP contribution in [0, 0.1) is 0 Å². The number of rotatable bonds is 4. The Kier molecular flexibility index (Phi) is 4.38. The van der Waals surface area contributed by atoms with Crippen molar-refractivity contribution in [3.63, 3.8) is 0 Å². The van der Waals surface area contributed by atoms with Gasteiger partial charge in [0.25, 0.3) is 0 Å². The second-order valence-electron chi connectivity index (χ2n) is 3.88. The fraction of sp³-hybridized carbons (Fsp3) is 0.154. The molecule has 0 spiro atoms. The standard InChI is InChI=1S/C13H13BrN2OS/c14-10-6-11(18-8-10)7-16-13(17)5-9-3-1-2-4-12(9)15/h1-4,6,8H,5,7,15H2,(H,16,17). The van der Waals surface area contributed by atoms with Gasteiger partial charge in [0, 0.05) is 20.4 Å². The Morgan fingerprint density at radius 3 is 2.83 bits per heavy atom. The molecule has 0 saturated carbocycles. The van der Waals surface area contributed by atoms with Gasteiger partial charge in [0.2, 0.25) is 5.91 Å². The Labute approximate surface area is 118 Å². The lowest BCUT2D eigenvalue weighted by molar-refractivity contribution is -0.120. The summed E-state index contributed by atoms with van der Waals surface area (Å²) in [5.41, 5.74) is 7.32. The molecule has 0 aliphatic heterocycles. The molecule has 3 nitrogen and oxygen atoms in total. The SMILES string of the molecule is Nc1ccccc1CC(=O)NCc1cc(Br)cs1. The van der Waals surface area contributed by atoms with Crippen LogP contribution >= 0.6 is 27.3 Å². The third-order valence-corrected chi connectivity index (χ3v) is 4.19. The van der Waals surface area contributed by atoms with Crippen LogP contribution in [0.4, 0.5) is 5.69 Å². The van der Waals surface area contributed by atoms with E-state index in [0.717, 1.165) is 14.9 Å². The summed E-state index contributed by atoms with van der Waals surface area (Å²) in [7, 11) is 0. The zero-order chi connectivity index (χ0) is 13.0. The Bertz CT molecular complexity index is 553. The Balaban J connectivity index is 1.88. The van der Waals surface area contributed by atoms with Gasteiger partial charge in [-0.25, -0.2) is 0 Å². The molecule has 94 valence electrons. The highest BCUT2D eigenvalue weighted by molar-refractivity contribution is 9.10. The highest BCUT2D eigenvalue weighted by Gasteiger charge is 2.06. The summed E-state index contributed by atoms with van der Waals surface area (Å²) in [6.45, 7) is 0.557. The van der Waals surface area contributed by atoms with Crippen LogP contribution in [0.15, 0.2) is 40.2 Å². The van der Waals surface area contributed by atoms with Crippen LogP contribution in [0.2, 0.25) is 0 Å². The van der Waals surface area contributed by atoms with E-state index in [1.54, 1.807) is 17.4 Å². The smallest absolute Gasteiger partial charge is 0.224 e. The van der Waals surface area contributed by atoms with E-state index in [2.05, 4.69) is 21.2 Å². The zero-order valence-corrected chi connectivity index (χ0v) is 12.1. The second kappa shape index (κ2) is 6.02. The van der Waals surface area contributed by atoms with Gasteiger partial charge in [-0.3, -0.25) is 4.79 Å². The minimum absolute atomic E-state index is 0.0163. The number of thiophene rings is 1. The molecule has 1 heterocycles. The van der Waals surface area contributed by atoms with Gasteiger partial charge in [0.05, 0.1) is 13.0 Å². The van der Waals surface area contributed by atoms with Crippen LogP contribution in [0.3, 0.4) is 0 Å². The topological polar surface area (TPSA) is 55.1 Å². The lowest BCUT2D eigenvalue weighted by Gasteiger charge is -2.06. The minimum Gasteiger partial charge on any atom is -0.398 e. The van der Waals surface area contributed by atoms with Crippen LogP contribution in [0.25, 0.3) is 0 Å². The van der Waals surface area contributed by atoms with Crippen LogP contribution < -0.4 is 11.1 Å². The first-order valence-electron chi connectivity index (χ1n) is 5.48. The molecular formula is C13H13BrN2OS. The number of para-hydroxylation sites is 1. The average Bonchev–Trinajstić information content (AvgIpc) is 2.76. The number of hydrogen-bond donors (Lipinski definition) is 2. The van der Waals surface area contributed by atoms with Crippen molar-refractivity contribution in [2.75, 3.05) is 5.73 Å². The summed E-state index contributed by atoms with van der Waals surface area (Å²) in [4.78, 5) is 12.9. The van der Waals surface area contributed by atoms with Gasteiger partial charge in [0.15, 0.2) is 0 Å². The molecule has 1 amide bonds. The molecule has 3 N–H and O–H groups in total. The van der Waals surface area contributed by atoms with Gasteiger partial charge in [-0.1, -0.05) is 18.2 Å². The van der Waals surface area contributed by atoms with Crippen LogP contribution in [0.1, 0.15) is 10.4 Å². The van der Waals surface area contributed by atoms with Crippen molar-refractivity contribution < 1.29 is 4.79 Å². The molecule has 0 saturated heterocycles. The molecule has 0 bridgehead atoms. The predicted octanol–water partition coefficient (Wildman–Crippen LogP) is 2.95. The second-order valence-corrected chi connectivity index (χ2v) is 5.80. The third kappa shape index (κ3) is 3.58. The first-order valence-corrected chi connectivity index (χ1v) is 7.15. The maximum Gasteiger partial charge on any atom is 0.224 e. The van der Waals surface area contributed by atoms with E-state index >= 15 is 0 Å². The van der Waals surface area contributed by atoms with Crippen molar-refractivity contribution in [2.45, 2.75) is 13.0 Å². The molecule has 5 heteroatoms. The van der Waals surface area contributed by atoms with Crippen molar-refractivity contribution >= 4 is 38.9 Å². The number of carbonyl (C=O) groups is 1. The lowest BCUT2D eigenvalue weighted by atomic mass is 10.1. The van der Waals surface area contributed by atoms with E-state index in [4.69, 9.17) is 5.73 Å². The molecule has 0 radical (unpaired) electrons. The summed E-state index contributed by atoms with van der Waals surface area (Å²) in [5, 5.41) is 4.88. The van der Waals surface area contributed by atoms with E-state index in [1.165, 1.54) is 0 Å². The van der Waals surface area contributed by atoms with Crippen LogP contribution in [0.5, 0.6) is 0 Å². The third-order valence-electron chi connectivity index (χ3n) is 2.49. The largest absolute Gasteiger partial charge is 0.398 e. The molecular weight excluding hydrogens is 312 g/mol. The van der Waals surface area contributed by atoms with Crippen LogP contribution in [-0.4, -0.2) is 5.91 Å². The van der Waals surface area contributed by atoms with Gasteiger partial charge in [-0.05, 0) is 33.6 Å². The van der Waals surface area contributed by atoms with E-state index in [0.29, 0.717) is 18.7 Å². The number of benzene rings is 1. The lowest BCUT2D eigenvalue weighted by Crippen LogP contribution is -2.24. The maximum atomic E-state index is 11.8. The Morgan fingerprint density at radius 1 is 1.39 bits per heavy atom. The molecule has 18 heavy (non-hydrogen) atoms. The minimum atomic E-state index is -0.0163. The summed E-state index contributed by atoms with van der Waals surface area (Å²) in [6, 6.07) is 9.42. The maximum absolute atomic E-state index is 11.8. The van der Waals surface area contributed by atoms with Crippen LogP contribution in [-0.2, 0) is 17.8 Å². The predicted molar refractivity (Wildman–Crippen MR) is 78.4 cm³/mol. The monoisotopic (exact) mass is 324 g/mol. The normalized spacial score (nSPS) is 10.3. The molecule has 0 aliphatic carbocycles. The van der Waals surface area contributed by atoms with Crippen molar-refractivity contribution in [3.05, 3.63) is 50.6 Å². The molecule has 0 unspecified atom stereocenters. The van der Waals surface area contributed by atoms with Crippen molar-refractivity contribution in [1.29, 1.82) is 0 Å². The highest BCUT2D eigenvalue weighted by atomic mass is 79.9. The number of halogens is 1. The summed E-state index contributed by atoms with van der Waals surface area (Å²) >= 11 is 5.00. The first-order chi connectivity index (χ1) is 8.65. The zero-order valence-electron chi connectivity index (χ0n) is 9.65. The Morgan fingerprint density at radius 2 is 2.17 bits per heavy atom. The molecule has 1 aromatic carbocycles.